The molecule has 1 aliphatic rings. The summed E-state index contributed by atoms with van der Waals surface area (Å²) >= 11 is 0. The van der Waals surface area contributed by atoms with Gasteiger partial charge in [-0.3, -0.25) is 0 Å². The Bertz CT molecular complexity index is 416. The fourth-order valence-electron chi connectivity index (χ4n) is 1.47. The van der Waals surface area contributed by atoms with E-state index in [9.17, 15) is 4.79 Å². The van der Waals surface area contributed by atoms with E-state index in [-0.39, 0.29) is 6.03 Å². The summed E-state index contributed by atoms with van der Waals surface area (Å²) in [5.41, 5.74) is 0.631. The third kappa shape index (κ3) is 3.03. The van der Waals surface area contributed by atoms with Crippen LogP contribution in [0.1, 0.15) is 12.8 Å². The standard InChI is InChI=1S/C12H16N2O3/c1-16-9-5-6-10(11(7-9)17-2)14-12(15)13-8-3-4-8/h5-8H,3-4H2,1-2H3,(H2,13,14,15). The zero-order valence-corrected chi connectivity index (χ0v) is 9.95. The van der Waals surface area contributed by atoms with Crippen LogP contribution >= 0.6 is 0 Å². The molecule has 0 spiro atoms. The van der Waals surface area contributed by atoms with Gasteiger partial charge in [0.25, 0.3) is 0 Å². The van der Waals surface area contributed by atoms with Crippen molar-refractivity contribution in [3.05, 3.63) is 18.2 Å². The summed E-state index contributed by atoms with van der Waals surface area (Å²) in [6.07, 6.45) is 2.13. The summed E-state index contributed by atoms with van der Waals surface area (Å²) in [6, 6.07) is 5.39. The number of methoxy groups -OCH3 is 2. The number of hydrogen-bond donors (Lipinski definition) is 2. The zero-order chi connectivity index (χ0) is 12.3. The minimum Gasteiger partial charge on any atom is -0.497 e. The van der Waals surface area contributed by atoms with Gasteiger partial charge in [0.2, 0.25) is 0 Å². The first-order valence-corrected chi connectivity index (χ1v) is 5.52. The van der Waals surface area contributed by atoms with Crippen molar-refractivity contribution in [1.29, 1.82) is 0 Å². The Balaban J connectivity index is 2.05. The molecule has 2 rings (SSSR count). The number of nitrogens with one attached hydrogen (secondary N) is 2. The van der Waals surface area contributed by atoms with Gasteiger partial charge in [0, 0.05) is 12.1 Å². The van der Waals surface area contributed by atoms with Crippen LogP contribution in [0.15, 0.2) is 18.2 Å². The van der Waals surface area contributed by atoms with Crippen LogP contribution in [0.5, 0.6) is 11.5 Å². The zero-order valence-electron chi connectivity index (χ0n) is 9.95. The maximum Gasteiger partial charge on any atom is 0.319 e. The maximum atomic E-state index is 11.6. The average molecular weight is 236 g/mol. The molecule has 0 aliphatic heterocycles. The SMILES string of the molecule is COc1ccc(NC(=O)NC2CC2)c(OC)c1. The van der Waals surface area contributed by atoms with Crippen molar-refractivity contribution >= 4 is 11.7 Å². The Morgan fingerprint density at radius 2 is 2.06 bits per heavy atom. The van der Waals surface area contributed by atoms with Crippen molar-refractivity contribution in [3.63, 3.8) is 0 Å². The Morgan fingerprint density at radius 3 is 2.65 bits per heavy atom. The Morgan fingerprint density at radius 1 is 1.29 bits per heavy atom. The molecule has 0 heterocycles. The molecule has 92 valence electrons. The van der Waals surface area contributed by atoms with E-state index in [0.717, 1.165) is 12.8 Å². The third-order valence-corrected chi connectivity index (χ3v) is 2.57. The van der Waals surface area contributed by atoms with Crippen molar-refractivity contribution in [2.24, 2.45) is 0 Å². The highest BCUT2D eigenvalue weighted by molar-refractivity contribution is 5.91. The lowest BCUT2D eigenvalue weighted by molar-refractivity contribution is 0.251. The quantitative estimate of drug-likeness (QED) is 0.840. The van der Waals surface area contributed by atoms with Crippen LogP contribution in [-0.4, -0.2) is 26.3 Å². The molecule has 5 nitrogen and oxygen atoms in total. The van der Waals surface area contributed by atoms with Crippen molar-refractivity contribution in [2.45, 2.75) is 18.9 Å². The monoisotopic (exact) mass is 236 g/mol. The van der Waals surface area contributed by atoms with Crippen LogP contribution in [0.3, 0.4) is 0 Å². The van der Waals surface area contributed by atoms with E-state index in [1.165, 1.54) is 0 Å². The van der Waals surface area contributed by atoms with Gasteiger partial charge in [-0.25, -0.2) is 4.79 Å². The number of rotatable bonds is 4. The largest absolute Gasteiger partial charge is 0.497 e. The minimum absolute atomic E-state index is 0.198. The first-order valence-electron chi connectivity index (χ1n) is 5.52. The van der Waals surface area contributed by atoms with Crippen molar-refractivity contribution in [3.8, 4) is 11.5 Å². The van der Waals surface area contributed by atoms with E-state index in [4.69, 9.17) is 9.47 Å². The molecule has 0 saturated heterocycles. The number of ether oxygens (including phenoxy) is 2. The topological polar surface area (TPSA) is 59.6 Å². The van der Waals surface area contributed by atoms with E-state index < -0.39 is 0 Å². The van der Waals surface area contributed by atoms with Crippen molar-refractivity contribution in [2.75, 3.05) is 19.5 Å². The number of amides is 2. The van der Waals surface area contributed by atoms with E-state index in [0.29, 0.717) is 23.2 Å². The van der Waals surface area contributed by atoms with Gasteiger partial charge in [-0.15, -0.1) is 0 Å². The first-order chi connectivity index (χ1) is 8.22. The molecule has 1 aliphatic carbocycles. The van der Waals surface area contributed by atoms with Gasteiger partial charge < -0.3 is 20.1 Å². The van der Waals surface area contributed by atoms with Gasteiger partial charge in [0.1, 0.15) is 11.5 Å². The third-order valence-electron chi connectivity index (χ3n) is 2.57. The number of benzene rings is 1. The molecule has 1 aromatic carbocycles. The predicted octanol–water partition coefficient (Wildman–Crippen LogP) is 1.99. The van der Waals surface area contributed by atoms with E-state index in [2.05, 4.69) is 10.6 Å². The Kier molecular flexibility index (Phi) is 3.37. The second kappa shape index (κ2) is 4.95. The highest BCUT2D eigenvalue weighted by atomic mass is 16.5. The molecule has 1 aromatic rings. The van der Waals surface area contributed by atoms with Crippen molar-refractivity contribution in [1.82, 2.24) is 5.32 Å². The second-order valence-electron chi connectivity index (χ2n) is 3.94. The van der Waals surface area contributed by atoms with E-state index in [1.54, 1.807) is 32.4 Å². The first kappa shape index (κ1) is 11.6. The van der Waals surface area contributed by atoms with E-state index >= 15 is 0 Å². The molecule has 0 atom stereocenters. The normalized spacial score (nSPS) is 14.0. The summed E-state index contributed by atoms with van der Waals surface area (Å²) in [7, 11) is 3.14. The molecule has 17 heavy (non-hydrogen) atoms. The van der Waals surface area contributed by atoms with Gasteiger partial charge in [-0.2, -0.15) is 0 Å². The average Bonchev–Trinajstić information content (AvgIpc) is 3.13. The van der Waals surface area contributed by atoms with Gasteiger partial charge in [0.05, 0.1) is 19.9 Å². The molecule has 5 heteroatoms. The molecule has 0 aromatic heterocycles. The number of hydrogen-bond acceptors (Lipinski definition) is 3. The number of carbonyl (C=O) groups is 1. The molecule has 0 unspecified atom stereocenters. The number of carbonyl (C=O) groups excluding carboxylic acids is 1. The lowest BCUT2D eigenvalue weighted by atomic mass is 10.2. The molecular weight excluding hydrogens is 220 g/mol. The summed E-state index contributed by atoms with van der Waals surface area (Å²) in [5, 5.41) is 5.60. The highest BCUT2D eigenvalue weighted by Crippen LogP contribution is 2.29. The summed E-state index contributed by atoms with van der Waals surface area (Å²) in [5.74, 6) is 1.27. The van der Waals surface area contributed by atoms with Crippen LogP contribution < -0.4 is 20.1 Å². The summed E-state index contributed by atoms with van der Waals surface area (Å²) in [4.78, 5) is 11.6. The molecule has 1 fully saturated rings. The summed E-state index contributed by atoms with van der Waals surface area (Å²) in [6.45, 7) is 0. The Hall–Kier alpha value is -1.91. The molecule has 1 saturated carbocycles. The smallest absolute Gasteiger partial charge is 0.319 e. The van der Waals surface area contributed by atoms with Crippen molar-refractivity contribution < 1.29 is 14.3 Å². The Labute approximate surface area is 100 Å². The fraction of sp³-hybridized carbons (Fsp3) is 0.417. The number of urea groups is 1. The highest BCUT2D eigenvalue weighted by Gasteiger charge is 2.23. The van der Waals surface area contributed by atoms with Gasteiger partial charge in [-0.1, -0.05) is 0 Å². The maximum absolute atomic E-state index is 11.6. The lowest BCUT2D eigenvalue weighted by Gasteiger charge is -2.12. The van der Waals surface area contributed by atoms with E-state index in [1.807, 2.05) is 0 Å². The predicted molar refractivity (Wildman–Crippen MR) is 64.7 cm³/mol. The minimum atomic E-state index is -0.198. The second-order valence-corrected chi connectivity index (χ2v) is 3.94. The molecule has 0 radical (unpaired) electrons. The van der Waals surface area contributed by atoms with Gasteiger partial charge >= 0.3 is 6.03 Å². The van der Waals surface area contributed by atoms with Crippen LogP contribution in [0.25, 0.3) is 0 Å². The molecule has 0 bridgehead atoms. The molecule has 2 amide bonds. The van der Waals surface area contributed by atoms with Crippen LogP contribution in [0, 0.1) is 0 Å². The van der Waals surface area contributed by atoms with Gasteiger partial charge in [0.15, 0.2) is 0 Å². The molecular formula is C12H16N2O3. The molecule has 2 N–H and O–H groups in total. The fourth-order valence-corrected chi connectivity index (χ4v) is 1.47. The van der Waals surface area contributed by atoms with Gasteiger partial charge in [-0.05, 0) is 25.0 Å². The number of anilines is 1. The van der Waals surface area contributed by atoms with Crippen LogP contribution in [-0.2, 0) is 0 Å². The van der Waals surface area contributed by atoms with Crippen LogP contribution in [0.2, 0.25) is 0 Å². The lowest BCUT2D eigenvalue weighted by Crippen LogP contribution is -2.30. The van der Waals surface area contributed by atoms with Crippen LogP contribution in [0.4, 0.5) is 10.5 Å². The summed E-state index contributed by atoms with van der Waals surface area (Å²) < 4.78 is 10.3.